The molecule has 0 N–H and O–H groups in total. The summed E-state index contributed by atoms with van der Waals surface area (Å²) in [4.78, 5) is 12.6. The zero-order valence-electron chi connectivity index (χ0n) is 10.0. The van der Waals surface area contributed by atoms with Gasteiger partial charge in [-0.05, 0) is 31.2 Å². The molecule has 1 aliphatic carbocycles. The zero-order chi connectivity index (χ0) is 11.7. The van der Waals surface area contributed by atoms with Crippen LogP contribution in [0.2, 0.25) is 0 Å². The van der Waals surface area contributed by atoms with Gasteiger partial charge in [0.05, 0.1) is 12.0 Å². The minimum Gasteiger partial charge on any atom is -0.381 e. The summed E-state index contributed by atoms with van der Waals surface area (Å²) in [5, 5.41) is 0. The number of ketones is 1. The molecule has 0 aromatic heterocycles. The van der Waals surface area contributed by atoms with E-state index < -0.39 is 0 Å². The maximum absolute atomic E-state index is 12.6. The van der Waals surface area contributed by atoms with Crippen LogP contribution in [0.1, 0.15) is 31.2 Å². The van der Waals surface area contributed by atoms with Crippen molar-refractivity contribution in [3.05, 3.63) is 35.9 Å². The lowest BCUT2D eigenvalue weighted by Crippen LogP contribution is -2.33. The van der Waals surface area contributed by atoms with Crippen molar-refractivity contribution in [1.29, 1.82) is 0 Å². The molecule has 3 rings (SSSR count). The van der Waals surface area contributed by atoms with Crippen molar-refractivity contribution in [3.8, 4) is 0 Å². The summed E-state index contributed by atoms with van der Waals surface area (Å²) < 4.78 is 5.44. The highest BCUT2D eigenvalue weighted by atomic mass is 16.5. The summed E-state index contributed by atoms with van der Waals surface area (Å²) in [5.41, 5.74) is 1.04. The molecule has 0 bridgehead atoms. The van der Waals surface area contributed by atoms with E-state index in [1.165, 1.54) is 5.56 Å². The third-order valence-electron chi connectivity index (χ3n) is 4.08. The Hall–Kier alpha value is -1.15. The Balaban J connectivity index is 1.81. The second kappa shape index (κ2) is 4.26. The highest BCUT2D eigenvalue weighted by molar-refractivity contribution is 5.95. The highest BCUT2D eigenvalue weighted by Crippen LogP contribution is 2.51. The predicted molar refractivity (Wildman–Crippen MR) is 65.9 cm³/mol. The van der Waals surface area contributed by atoms with Crippen LogP contribution in [0.25, 0.3) is 0 Å². The van der Waals surface area contributed by atoms with Crippen molar-refractivity contribution in [1.82, 2.24) is 0 Å². The van der Waals surface area contributed by atoms with E-state index in [1.807, 2.05) is 18.2 Å². The molecule has 1 aromatic carbocycles. The Bertz CT molecular complexity index is 400. The second-order valence-corrected chi connectivity index (χ2v) is 5.23. The van der Waals surface area contributed by atoms with Crippen molar-refractivity contribution < 1.29 is 9.53 Å². The molecule has 2 fully saturated rings. The Labute approximate surface area is 102 Å². The summed E-state index contributed by atoms with van der Waals surface area (Å²) in [5.74, 6) is 0.551. The molecule has 0 amide bonds. The molecule has 2 heteroatoms. The Morgan fingerprint density at radius 1 is 1.24 bits per heavy atom. The van der Waals surface area contributed by atoms with E-state index >= 15 is 0 Å². The fraction of sp³-hybridized carbons (Fsp3) is 0.533. The molecule has 0 spiro atoms. The van der Waals surface area contributed by atoms with Gasteiger partial charge >= 0.3 is 0 Å². The normalized spacial score (nSPS) is 26.5. The van der Waals surface area contributed by atoms with Gasteiger partial charge in [0.25, 0.3) is 0 Å². The van der Waals surface area contributed by atoms with Crippen LogP contribution in [-0.2, 0) is 14.9 Å². The quantitative estimate of drug-likeness (QED) is 0.798. The molecular formula is C15H18O2. The van der Waals surface area contributed by atoms with E-state index in [2.05, 4.69) is 12.1 Å². The van der Waals surface area contributed by atoms with Gasteiger partial charge in [0, 0.05) is 12.5 Å². The van der Waals surface area contributed by atoms with E-state index in [9.17, 15) is 4.79 Å². The molecule has 1 saturated heterocycles. The summed E-state index contributed by atoms with van der Waals surface area (Å²) in [6.07, 6.45) is 4.08. The van der Waals surface area contributed by atoms with Gasteiger partial charge in [0.2, 0.25) is 0 Å². The van der Waals surface area contributed by atoms with Gasteiger partial charge < -0.3 is 4.74 Å². The van der Waals surface area contributed by atoms with Gasteiger partial charge in [-0.15, -0.1) is 0 Å². The van der Waals surface area contributed by atoms with Gasteiger partial charge in [-0.3, -0.25) is 4.79 Å². The second-order valence-electron chi connectivity index (χ2n) is 5.23. The lowest BCUT2D eigenvalue weighted by Gasteiger charge is -2.25. The third kappa shape index (κ3) is 1.91. The average Bonchev–Trinajstić information content (AvgIpc) is 3.21. The highest BCUT2D eigenvalue weighted by Gasteiger charge is 2.52. The van der Waals surface area contributed by atoms with Gasteiger partial charge in [-0.2, -0.15) is 0 Å². The summed E-state index contributed by atoms with van der Waals surface area (Å²) in [6.45, 7) is 1.45. The van der Waals surface area contributed by atoms with Gasteiger partial charge in [0.1, 0.15) is 5.78 Å². The zero-order valence-corrected chi connectivity index (χ0v) is 10.0. The number of benzene rings is 1. The Morgan fingerprint density at radius 2 is 2.00 bits per heavy atom. The molecule has 1 heterocycles. The fourth-order valence-electron chi connectivity index (χ4n) is 2.90. The maximum atomic E-state index is 12.6. The molecule has 1 aliphatic heterocycles. The van der Waals surface area contributed by atoms with Crippen LogP contribution in [0.3, 0.4) is 0 Å². The standard InChI is InChI=1S/C15H18O2/c16-14(12-5-4-10-17-11-12)15(8-9-15)13-6-2-1-3-7-13/h1-3,6-7,12H,4-5,8-11H2. The first-order valence-electron chi connectivity index (χ1n) is 6.50. The average molecular weight is 230 g/mol. The number of rotatable bonds is 3. The number of hydrogen-bond donors (Lipinski definition) is 0. The minimum atomic E-state index is -0.160. The fourth-order valence-corrected chi connectivity index (χ4v) is 2.90. The Kier molecular flexibility index (Phi) is 2.75. The lowest BCUT2D eigenvalue weighted by molar-refractivity contribution is -0.129. The minimum absolute atomic E-state index is 0.131. The van der Waals surface area contributed by atoms with Crippen LogP contribution in [0.4, 0.5) is 0 Å². The van der Waals surface area contributed by atoms with Gasteiger partial charge in [-0.25, -0.2) is 0 Å². The predicted octanol–water partition coefficient (Wildman–Crippen LogP) is 2.71. The number of hydrogen-bond acceptors (Lipinski definition) is 2. The van der Waals surface area contributed by atoms with Crippen LogP contribution < -0.4 is 0 Å². The van der Waals surface area contributed by atoms with E-state index in [-0.39, 0.29) is 11.3 Å². The number of ether oxygens (including phenoxy) is 1. The van der Waals surface area contributed by atoms with Crippen molar-refractivity contribution in [2.45, 2.75) is 31.1 Å². The van der Waals surface area contributed by atoms with Crippen molar-refractivity contribution >= 4 is 5.78 Å². The molecule has 1 saturated carbocycles. The Morgan fingerprint density at radius 3 is 2.59 bits per heavy atom. The molecule has 2 nitrogen and oxygen atoms in total. The van der Waals surface area contributed by atoms with Crippen LogP contribution in [-0.4, -0.2) is 19.0 Å². The van der Waals surface area contributed by atoms with Crippen molar-refractivity contribution in [3.63, 3.8) is 0 Å². The number of carbonyl (C=O) groups excluding carboxylic acids is 1. The van der Waals surface area contributed by atoms with E-state index in [4.69, 9.17) is 4.74 Å². The van der Waals surface area contributed by atoms with Crippen LogP contribution in [0, 0.1) is 5.92 Å². The SMILES string of the molecule is O=C(C1CCCOC1)C1(c2ccccc2)CC1. The van der Waals surface area contributed by atoms with E-state index in [0.717, 1.165) is 32.3 Å². The third-order valence-corrected chi connectivity index (χ3v) is 4.08. The molecule has 90 valence electrons. The number of Topliss-reactive ketones (excluding diaryl/α,β-unsaturated/α-hetero) is 1. The van der Waals surface area contributed by atoms with Gasteiger partial charge in [0.15, 0.2) is 0 Å². The molecule has 1 aromatic rings. The van der Waals surface area contributed by atoms with Crippen LogP contribution in [0.5, 0.6) is 0 Å². The smallest absolute Gasteiger partial charge is 0.148 e. The van der Waals surface area contributed by atoms with E-state index in [0.29, 0.717) is 12.4 Å². The first-order valence-corrected chi connectivity index (χ1v) is 6.50. The van der Waals surface area contributed by atoms with E-state index in [1.54, 1.807) is 0 Å². The van der Waals surface area contributed by atoms with Crippen LogP contribution >= 0.6 is 0 Å². The van der Waals surface area contributed by atoms with Crippen molar-refractivity contribution in [2.75, 3.05) is 13.2 Å². The number of carbonyl (C=O) groups is 1. The monoisotopic (exact) mass is 230 g/mol. The summed E-state index contributed by atoms with van der Waals surface area (Å²) in [7, 11) is 0. The van der Waals surface area contributed by atoms with Crippen molar-refractivity contribution in [2.24, 2.45) is 5.92 Å². The molecule has 1 unspecified atom stereocenters. The maximum Gasteiger partial charge on any atom is 0.148 e. The first-order chi connectivity index (χ1) is 8.33. The summed E-state index contributed by atoms with van der Waals surface area (Å²) >= 11 is 0. The van der Waals surface area contributed by atoms with Crippen LogP contribution in [0.15, 0.2) is 30.3 Å². The topological polar surface area (TPSA) is 26.3 Å². The molecule has 2 aliphatic rings. The largest absolute Gasteiger partial charge is 0.381 e. The summed E-state index contributed by atoms with van der Waals surface area (Å²) in [6, 6.07) is 10.2. The molecule has 1 atom stereocenters. The first kappa shape index (κ1) is 11.0. The molecular weight excluding hydrogens is 212 g/mol. The van der Waals surface area contributed by atoms with Gasteiger partial charge in [-0.1, -0.05) is 30.3 Å². The molecule has 17 heavy (non-hydrogen) atoms. The lowest BCUT2D eigenvalue weighted by atomic mass is 9.82. The molecule has 0 radical (unpaired) electrons.